The fourth-order valence-corrected chi connectivity index (χ4v) is 0.908. The molecule has 0 saturated heterocycles. The van der Waals surface area contributed by atoms with Gasteiger partial charge in [-0.3, -0.25) is 4.79 Å². The predicted octanol–water partition coefficient (Wildman–Crippen LogP) is -0.141. The molecular weight excluding hydrogens is 248 g/mol. The van der Waals surface area contributed by atoms with E-state index in [9.17, 15) is 9.59 Å². The van der Waals surface area contributed by atoms with E-state index in [0.29, 0.717) is 13.2 Å². The van der Waals surface area contributed by atoms with E-state index < -0.39 is 12.0 Å². The van der Waals surface area contributed by atoms with Crippen molar-refractivity contribution in [2.75, 3.05) is 24.7 Å². The molecule has 0 radical (unpaired) electrons. The second-order valence-electron chi connectivity index (χ2n) is 2.70. The zero-order valence-corrected chi connectivity index (χ0v) is 11.4. The summed E-state index contributed by atoms with van der Waals surface area (Å²) in [6, 6.07) is -0.634. The van der Waals surface area contributed by atoms with Gasteiger partial charge in [0, 0.05) is 25.0 Å². The molecule has 7 heteroatoms. The summed E-state index contributed by atoms with van der Waals surface area (Å²) in [6.45, 7) is 4.04. The number of hydrogen-bond donors (Lipinski definition) is 4. The summed E-state index contributed by atoms with van der Waals surface area (Å²) < 4.78 is 4.69. The highest BCUT2D eigenvalue weighted by molar-refractivity contribution is 7.80. The van der Waals surface area contributed by atoms with Crippen LogP contribution in [-0.2, 0) is 14.3 Å². The lowest BCUT2D eigenvalue weighted by Crippen LogP contribution is -2.42. The molecule has 0 heterocycles. The predicted molar refractivity (Wildman–Crippen MR) is 71.0 cm³/mol. The molecule has 0 saturated carbocycles. The van der Waals surface area contributed by atoms with Crippen molar-refractivity contribution in [3.05, 3.63) is 0 Å². The van der Waals surface area contributed by atoms with Crippen LogP contribution in [0.4, 0.5) is 0 Å². The Bertz CT molecular complexity index is 201. The lowest BCUT2D eigenvalue weighted by atomic mass is 10.3. The molecule has 16 heavy (non-hydrogen) atoms. The molecule has 0 spiro atoms. The van der Waals surface area contributed by atoms with E-state index >= 15 is 0 Å². The van der Waals surface area contributed by atoms with Gasteiger partial charge in [-0.1, -0.05) is 0 Å². The molecule has 96 valence electrons. The number of hydrogen-bond acceptors (Lipinski definition) is 6. The maximum Gasteiger partial charge on any atom is 0.329 e. The van der Waals surface area contributed by atoms with Gasteiger partial charge in [0.05, 0.1) is 6.61 Å². The number of carbonyl (C=O) groups excluding carboxylic acids is 2. The Kier molecular flexibility index (Phi) is 14.2. The van der Waals surface area contributed by atoms with Gasteiger partial charge >= 0.3 is 5.97 Å². The summed E-state index contributed by atoms with van der Waals surface area (Å²) in [4.78, 5) is 21.6. The molecule has 0 aromatic rings. The summed E-state index contributed by atoms with van der Waals surface area (Å²) in [6.07, 6.45) is 0. The van der Waals surface area contributed by atoms with E-state index in [4.69, 9.17) is 10.5 Å². The molecule has 1 atom stereocenters. The minimum absolute atomic E-state index is 0.248. The molecule has 0 aromatic carbocycles. The summed E-state index contributed by atoms with van der Waals surface area (Å²) in [5.74, 6) is 0.336. The van der Waals surface area contributed by atoms with E-state index in [2.05, 4.69) is 30.6 Å². The van der Waals surface area contributed by atoms with Crippen LogP contribution in [0, 0.1) is 0 Å². The van der Waals surface area contributed by atoms with E-state index in [0.717, 1.165) is 5.75 Å². The quantitative estimate of drug-likeness (QED) is 0.413. The standard InChI is InChI=1S/C7H13NO3S.C2H7NS/c1-3-11-7(10)6(4-12)8-5(2)9;3-1-2-4/h6,12H,3-4H2,1-2H3,(H,8,9);4H,1-3H2. The summed E-state index contributed by atoms with van der Waals surface area (Å²) >= 11 is 7.70. The smallest absolute Gasteiger partial charge is 0.329 e. The highest BCUT2D eigenvalue weighted by atomic mass is 32.1. The Hall–Kier alpha value is -0.400. The van der Waals surface area contributed by atoms with Crippen molar-refractivity contribution in [2.45, 2.75) is 19.9 Å². The van der Waals surface area contributed by atoms with Crippen LogP contribution < -0.4 is 11.1 Å². The van der Waals surface area contributed by atoms with Crippen LogP contribution >= 0.6 is 25.3 Å². The second-order valence-corrected chi connectivity index (χ2v) is 3.51. The highest BCUT2D eigenvalue weighted by Crippen LogP contribution is 1.92. The number of nitrogens with two attached hydrogens (primary N) is 1. The first-order valence-corrected chi connectivity index (χ1v) is 6.15. The van der Waals surface area contributed by atoms with Gasteiger partial charge in [-0.15, -0.1) is 0 Å². The molecule has 0 fully saturated rings. The van der Waals surface area contributed by atoms with Crippen LogP contribution in [0.2, 0.25) is 0 Å². The van der Waals surface area contributed by atoms with E-state index in [1.807, 2.05) is 0 Å². The van der Waals surface area contributed by atoms with Crippen molar-refractivity contribution in [1.29, 1.82) is 0 Å². The van der Waals surface area contributed by atoms with Gasteiger partial charge in [0.1, 0.15) is 6.04 Å². The summed E-state index contributed by atoms with van der Waals surface area (Å²) in [7, 11) is 0. The van der Waals surface area contributed by atoms with Crippen LogP contribution in [0.25, 0.3) is 0 Å². The highest BCUT2D eigenvalue weighted by Gasteiger charge is 2.18. The summed E-state index contributed by atoms with van der Waals surface area (Å²) in [5, 5.41) is 2.42. The van der Waals surface area contributed by atoms with Gasteiger partial charge in [0.2, 0.25) is 5.91 Å². The van der Waals surface area contributed by atoms with Crippen LogP contribution in [0.15, 0.2) is 0 Å². The van der Waals surface area contributed by atoms with Crippen LogP contribution in [-0.4, -0.2) is 42.6 Å². The third-order valence-corrected chi connectivity index (χ3v) is 1.88. The summed E-state index contributed by atoms with van der Waals surface area (Å²) in [5.41, 5.74) is 4.95. The van der Waals surface area contributed by atoms with Crippen molar-refractivity contribution < 1.29 is 14.3 Å². The SMILES string of the molecule is CCOC(=O)C(CS)NC(C)=O.NCCS. The van der Waals surface area contributed by atoms with Crippen LogP contribution in [0.1, 0.15) is 13.8 Å². The molecular formula is C9H20N2O3S2. The lowest BCUT2D eigenvalue weighted by molar-refractivity contribution is -0.146. The average molecular weight is 268 g/mol. The molecule has 3 N–H and O–H groups in total. The Balaban J connectivity index is 0. The molecule has 1 amide bonds. The Morgan fingerprint density at radius 2 is 1.94 bits per heavy atom. The number of rotatable bonds is 5. The molecule has 0 aliphatic rings. The Labute approximate surface area is 107 Å². The van der Waals surface area contributed by atoms with E-state index in [-0.39, 0.29) is 11.7 Å². The zero-order chi connectivity index (χ0) is 13.0. The molecule has 0 rings (SSSR count). The van der Waals surface area contributed by atoms with Gasteiger partial charge in [-0.2, -0.15) is 25.3 Å². The largest absolute Gasteiger partial charge is 0.464 e. The minimum atomic E-state index is -0.634. The van der Waals surface area contributed by atoms with Crippen LogP contribution in [0.5, 0.6) is 0 Å². The first kappa shape index (κ1) is 18.0. The van der Waals surface area contributed by atoms with Crippen molar-refractivity contribution in [3.8, 4) is 0 Å². The normalized spacial score (nSPS) is 10.8. The fraction of sp³-hybridized carbons (Fsp3) is 0.778. The number of nitrogens with one attached hydrogen (secondary N) is 1. The van der Waals surface area contributed by atoms with Gasteiger partial charge in [0.25, 0.3) is 0 Å². The molecule has 0 aromatic heterocycles. The zero-order valence-electron chi connectivity index (χ0n) is 9.60. The number of carbonyl (C=O) groups is 2. The van der Waals surface area contributed by atoms with E-state index in [1.165, 1.54) is 6.92 Å². The Morgan fingerprint density at radius 1 is 1.44 bits per heavy atom. The maximum atomic E-state index is 11.0. The lowest BCUT2D eigenvalue weighted by Gasteiger charge is -2.12. The first-order valence-electron chi connectivity index (χ1n) is 4.88. The molecule has 1 unspecified atom stereocenters. The van der Waals surface area contributed by atoms with Crippen molar-refractivity contribution in [2.24, 2.45) is 5.73 Å². The minimum Gasteiger partial charge on any atom is -0.464 e. The fourth-order valence-electron chi connectivity index (χ4n) is 0.667. The number of ether oxygens (including phenoxy) is 1. The number of esters is 1. The molecule has 0 aliphatic heterocycles. The van der Waals surface area contributed by atoms with Gasteiger partial charge in [-0.05, 0) is 6.92 Å². The first-order chi connectivity index (χ1) is 7.53. The molecule has 0 bridgehead atoms. The van der Waals surface area contributed by atoms with Gasteiger partial charge < -0.3 is 15.8 Å². The second kappa shape index (κ2) is 12.7. The van der Waals surface area contributed by atoms with Gasteiger partial charge in [0.15, 0.2) is 0 Å². The average Bonchev–Trinajstić information content (AvgIpc) is 2.26. The third-order valence-electron chi connectivity index (χ3n) is 1.26. The molecule has 0 aliphatic carbocycles. The van der Waals surface area contributed by atoms with Crippen molar-refractivity contribution in [1.82, 2.24) is 5.32 Å². The number of thiol groups is 2. The van der Waals surface area contributed by atoms with Gasteiger partial charge in [-0.25, -0.2) is 4.79 Å². The number of amides is 1. The third kappa shape index (κ3) is 11.7. The van der Waals surface area contributed by atoms with Crippen molar-refractivity contribution >= 4 is 37.1 Å². The monoisotopic (exact) mass is 268 g/mol. The topological polar surface area (TPSA) is 81.4 Å². The van der Waals surface area contributed by atoms with E-state index in [1.54, 1.807) is 6.92 Å². The Morgan fingerprint density at radius 3 is 2.19 bits per heavy atom. The van der Waals surface area contributed by atoms with Crippen molar-refractivity contribution in [3.63, 3.8) is 0 Å². The van der Waals surface area contributed by atoms with Crippen LogP contribution in [0.3, 0.4) is 0 Å². The molecule has 5 nitrogen and oxygen atoms in total. The maximum absolute atomic E-state index is 11.0.